The lowest BCUT2D eigenvalue weighted by atomic mass is 9.91. The molecule has 0 bridgehead atoms. The van der Waals surface area contributed by atoms with Crippen LogP contribution < -0.4 is 4.90 Å². The average Bonchev–Trinajstić information content (AvgIpc) is 2.62. The molecule has 2 aliphatic rings. The lowest BCUT2D eigenvalue weighted by Crippen LogP contribution is -2.61. The van der Waals surface area contributed by atoms with E-state index in [4.69, 9.17) is 0 Å². The molecule has 1 atom stereocenters. The van der Waals surface area contributed by atoms with Crippen molar-refractivity contribution in [2.45, 2.75) is 25.4 Å². The number of piperazine rings is 1. The molecule has 1 aromatic carbocycles. The highest BCUT2D eigenvalue weighted by Crippen LogP contribution is 2.25. The zero-order valence-corrected chi connectivity index (χ0v) is 14.1. The minimum Gasteiger partial charge on any atom is -0.378 e. The number of para-hydroxylation sites is 1. The Hall–Kier alpha value is -2.08. The van der Waals surface area contributed by atoms with Crippen molar-refractivity contribution in [2.75, 3.05) is 44.2 Å². The number of hydrogen-bond acceptors (Lipinski definition) is 4. The molecule has 1 N–H and O–H groups in total. The molecular weight excluding hydrogens is 306 g/mol. The van der Waals surface area contributed by atoms with Gasteiger partial charge in [-0.25, -0.2) is 0 Å². The number of hydrogen-bond donors (Lipinski definition) is 1. The topological polar surface area (TPSA) is 64.1 Å². The second-order valence-electron chi connectivity index (χ2n) is 6.69. The van der Waals surface area contributed by atoms with Crippen LogP contribution in [0.3, 0.4) is 0 Å². The molecule has 0 saturated carbocycles. The maximum Gasteiger partial charge on any atom is 0.256 e. The van der Waals surface area contributed by atoms with Crippen LogP contribution in [0.15, 0.2) is 30.3 Å². The van der Waals surface area contributed by atoms with Gasteiger partial charge in [0.15, 0.2) is 5.60 Å². The third-order valence-corrected chi connectivity index (χ3v) is 5.00. The first-order chi connectivity index (χ1) is 11.5. The van der Waals surface area contributed by atoms with Crippen LogP contribution in [0.25, 0.3) is 0 Å². The van der Waals surface area contributed by atoms with Crippen LogP contribution in [0.5, 0.6) is 0 Å². The van der Waals surface area contributed by atoms with E-state index in [0.29, 0.717) is 32.5 Å². The van der Waals surface area contributed by atoms with E-state index in [1.54, 1.807) is 9.80 Å². The molecular formula is C18H25N3O3. The minimum atomic E-state index is -1.43. The van der Waals surface area contributed by atoms with E-state index in [9.17, 15) is 14.7 Å². The number of amides is 2. The van der Waals surface area contributed by atoms with Gasteiger partial charge in [-0.1, -0.05) is 18.2 Å². The summed E-state index contributed by atoms with van der Waals surface area (Å²) < 4.78 is 0. The van der Waals surface area contributed by atoms with Crippen molar-refractivity contribution in [3.63, 3.8) is 0 Å². The number of piperidine rings is 1. The van der Waals surface area contributed by atoms with E-state index in [0.717, 1.165) is 18.8 Å². The number of carbonyl (C=O) groups is 2. The Morgan fingerprint density at radius 3 is 2.29 bits per heavy atom. The zero-order chi connectivity index (χ0) is 17.2. The van der Waals surface area contributed by atoms with Crippen molar-refractivity contribution >= 4 is 17.5 Å². The molecule has 2 heterocycles. The van der Waals surface area contributed by atoms with Gasteiger partial charge in [0.2, 0.25) is 5.91 Å². The van der Waals surface area contributed by atoms with E-state index in [1.165, 1.54) is 6.92 Å². The number of benzene rings is 1. The summed E-state index contributed by atoms with van der Waals surface area (Å²) in [5.41, 5.74) is -0.275. The second-order valence-corrected chi connectivity index (χ2v) is 6.69. The van der Waals surface area contributed by atoms with Gasteiger partial charge < -0.3 is 19.8 Å². The van der Waals surface area contributed by atoms with Crippen molar-refractivity contribution in [3.05, 3.63) is 30.3 Å². The Morgan fingerprint density at radius 2 is 1.67 bits per heavy atom. The number of aliphatic hydroxyl groups is 1. The second kappa shape index (κ2) is 6.81. The average molecular weight is 331 g/mol. The molecule has 0 aliphatic carbocycles. The molecule has 1 unspecified atom stereocenters. The molecule has 0 spiro atoms. The Balaban J connectivity index is 1.61. The van der Waals surface area contributed by atoms with E-state index < -0.39 is 5.60 Å². The number of likely N-dealkylation sites (tertiary alicyclic amines) is 1. The van der Waals surface area contributed by atoms with Gasteiger partial charge in [0.1, 0.15) is 0 Å². The first-order valence-corrected chi connectivity index (χ1v) is 8.57. The van der Waals surface area contributed by atoms with Crippen LogP contribution in [0, 0.1) is 0 Å². The van der Waals surface area contributed by atoms with E-state index in [1.807, 2.05) is 18.2 Å². The van der Waals surface area contributed by atoms with Gasteiger partial charge in [-0.3, -0.25) is 9.59 Å². The fourth-order valence-electron chi connectivity index (χ4n) is 3.58. The largest absolute Gasteiger partial charge is 0.378 e. The number of carbonyl (C=O) groups excluding carboxylic acids is 2. The summed E-state index contributed by atoms with van der Waals surface area (Å²) in [7, 11) is 0. The molecule has 6 heteroatoms. The maximum absolute atomic E-state index is 12.8. The number of anilines is 1. The first kappa shape index (κ1) is 16.8. The van der Waals surface area contributed by atoms with Gasteiger partial charge in [-0.05, 0) is 25.0 Å². The highest BCUT2D eigenvalue weighted by atomic mass is 16.3. The summed E-state index contributed by atoms with van der Waals surface area (Å²) in [6.45, 7) is 4.90. The Bertz CT molecular complexity index is 599. The zero-order valence-electron chi connectivity index (χ0n) is 14.1. The normalized spacial score (nSPS) is 24.8. The molecule has 2 fully saturated rings. The fraction of sp³-hybridized carbons (Fsp3) is 0.556. The molecule has 0 radical (unpaired) electrons. The molecule has 2 saturated heterocycles. The quantitative estimate of drug-likeness (QED) is 0.867. The maximum atomic E-state index is 12.8. The van der Waals surface area contributed by atoms with E-state index >= 15 is 0 Å². The predicted octanol–water partition coefficient (Wildman–Crippen LogP) is 0.709. The van der Waals surface area contributed by atoms with Crippen molar-refractivity contribution < 1.29 is 14.7 Å². The third kappa shape index (κ3) is 3.38. The highest BCUT2D eigenvalue weighted by Gasteiger charge is 2.43. The molecule has 6 nitrogen and oxygen atoms in total. The minimum absolute atomic E-state index is 0.0881. The van der Waals surface area contributed by atoms with Gasteiger partial charge >= 0.3 is 0 Å². The highest BCUT2D eigenvalue weighted by molar-refractivity contribution is 5.86. The first-order valence-electron chi connectivity index (χ1n) is 8.57. The smallest absolute Gasteiger partial charge is 0.256 e. The van der Waals surface area contributed by atoms with Crippen molar-refractivity contribution in [1.82, 2.24) is 9.80 Å². The van der Waals surface area contributed by atoms with Crippen LogP contribution in [0.2, 0.25) is 0 Å². The summed E-state index contributed by atoms with van der Waals surface area (Å²) >= 11 is 0. The van der Waals surface area contributed by atoms with Crippen LogP contribution in [0.4, 0.5) is 5.69 Å². The van der Waals surface area contributed by atoms with Gasteiger partial charge in [0.05, 0.1) is 6.54 Å². The Morgan fingerprint density at radius 1 is 1.00 bits per heavy atom. The van der Waals surface area contributed by atoms with Gasteiger partial charge in [0.25, 0.3) is 5.91 Å². The number of rotatable bonds is 2. The van der Waals surface area contributed by atoms with Crippen LogP contribution >= 0.6 is 0 Å². The Labute approximate surface area is 142 Å². The standard InChI is InChI=1S/C18H25N3O3/c1-15(22)21-9-5-8-18(24,14-21)17(23)20-12-10-19(11-13-20)16-6-3-2-4-7-16/h2-4,6-7,24H,5,8-14H2,1H3. The summed E-state index contributed by atoms with van der Waals surface area (Å²) in [6.07, 6.45) is 1.08. The summed E-state index contributed by atoms with van der Waals surface area (Å²) in [5, 5.41) is 10.8. The molecule has 0 aromatic heterocycles. The molecule has 130 valence electrons. The molecule has 24 heavy (non-hydrogen) atoms. The third-order valence-electron chi connectivity index (χ3n) is 5.00. The molecule has 3 rings (SSSR count). The molecule has 2 amide bonds. The van der Waals surface area contributed by atoms with Crippen LogP contribution in [-0.4, -0.2) is 71.6 Å². The monoisotopic (exact) mass is 331 g/mol. The van der Waals surface area contributed by atoms with Crippen LogP contribution in [0.1, 0.15) is 19.8 Å². The van der Waals surface area contributed by atoms with Crippen molar-refractivity contribution in [2.24, 2.45) is 0 Å². The summed E-state index contributed by atoms with van der Waals surface area (Å²) in [6, 6.07) is 10.1. The van der Waals surface area contributed by atoms with Crippen LogP contribution in [-0.2, 0) is 9.59 Å². The van der Waals surface area contributed by atoms with Crippen molar-refractivity contribution in [1.29, 1.82) is 0 Å². The van der Waals surface area contributed by atoms with Gasteiger partial charge in [0, 0.05) is 45.3 Å². The fourth-order valence-corrected chi connectivity index (χ4v) is 3.58. The van der Waals surface area contributed by atoms with Crippen molar-refractivity contribution in [3.8, 4) is 0 Å². The summed E-state index contributed by atoms with van der Waals surface area (Å²) in [4.78, 5) is 29.9. The lowest BCUT2D eigenvalue weighted by molar-refractivity contribution is -0.160. The van der Waals surface area contributed by atoms with Gasteiger partial charge in [-0.15, -0.1) is 0 Å². The van der Waals surface area contributed by atoms with Gasteiger partial charge in [-0.2, -0.15) is 0 Å². The predicted molar refractivity (Wildman–Crippen MR) is 91.7 cm³/mol. The molecule has 1 aromatic rings. The number of nitrogens with zero attached hydrogens (tertiary/aromatic N) is 3. The van der Waals surface area contributed by atoms with E-state index in [-0.39, 0.29) is 18.4 Å². The Kier molecular flexibility index (Phi) is 4.76. The van der Waals surface area contributed by atoms with E-state index in [2.05, 4.69) is 17.0 Å². The SMILES string of the molecule is CC(=O)N1CCCC(O)(C(=O)N2CCN(c3ccccc3)CC2)C1. The molecule has 2 aliphatic heterocycles. The lowest BCUT2D eigenvalue weighted by Gasteiger charge is -2.43. The number of β-amino-alcohol motifs (C(OH)–C–C–N with tert-alkyl or cyclic N) is 1. The summed E-state index contributed by atoms with van der Waals surface area (Å²) in [5.74, 6) is -0.323.